The van der Waals surface area contributed by atoms with Gasteiger partial charge in [-0.3, -0.25) is 4.79 Å². The van der Waals surface area contributed by atoms with E-state index in [4.69, 9.17) is 9.47 Å². The van der Waals surface area contributed by atoms with Crippen LogP contribution in [0.3, 0.4) is 0 Å². The summed E-state index contributed by atoms with van der Waals surface area (Å²) in [5, 5.41) is 5.30. The molecule has 0 saturated heterocycles. The number of carbonyl (C=O) groups is 2. The summed E-state index contributed by atoms with van der Waals surface area (Å²) in [5.41, 5.74) is 3.61. The number of nitrogens with one attached hydrogen (secondary N) is 1. The summed E-state index contributed by atoms with van der Waals surface area (Å²) in [7, 11) is 0. The third-order valence-corrected chi connectivity index (χ3v) is 5.40. The Hall–Kier alpha value is -2.34. The van der Waals surface area contributed by atoms with Gasteiger partial charge in [-0.05, 0) is 67.7 Å². The van der Waals surface area contributed by atoms with Gasteiger partial charge in [0.1, 0.15) is 10.8 Å². The minimum atomic E-state index is -0.374. The predicted molar refractivity (Wildman–Crippen MR) is 102 cm³/mol. The number of benzene rings is 1. The first kappa shape index (κ1) is 18.5. The highest BCUT2D eigenvalue weighted by Gasteiger charge is 2.32. The zero-order valence-corrected chi connectivity index (χ0v) is 16.1. The van der Waals surface area contributed by atoms with Crippen molar-refractivity contribution >= 4 is 28.2 Å². The summed E-state index contributed by atoms with van der Waals surface area (Å²) in [6, 6.07) is 5.74. The van der Waals surface area contributed by atoms with Crippen LogP contribution < -0.4 is 10.1 Å². The van der Waals surface area contributed by atoms with E-state index in [2.05, 4.69) is 5.32 Å². The van der Waals surface area contributed by atoms with E-state index in [1.54, 1.807) is 6.92 Å². The molecule has 1 aliphatic carbocycles. The van der Waals surface area contributed by atoms with E-state index < -0.39 is 0 Å². The second-order valence-electron chi connectivity index (χ2n) is 6.42. The Labute approximate surface area is 157 Å². The number of anilines is 1. The minimum absolute atomic E-state index is 0.108. The molecule has 3 rings (SSSR count). The Bertz CT molecular complexity index is 823. The van der Waals surface area contributed by atoms with Gasteiger partial charge in [-0.2, -0.15) is 0 Å². The molecular weight excluding hydrogens is 350 g/mol. The molecule has 26 heavy (non-hydrogen) atoms. The highest BCUT2D eigenvalue weighted by molar-refractivity contribution is 7.15. The molecule has 6 heteroatoms. The van der Waals surface area contributed by atoms with Crippen molar-refractivity contribution < 1.29 is 19.1 Å². The van der Waals surface area contributed by atoms with Crippen LogP contribution >= 0.6 is 11.3 Å². The van der Waals surface area contributed by atoms with Crippen LogP contribution in [-0.2, 0) is 9.53 Å². The molecule has 138 valence electrons. The van der Waals surface area contributed by atoms with E-state index >= 15 is 0 Å². The molecule has 1 aromatic carbocycles. The standard InChI is InChI=1S/C20H23NO4S/c1-4-24-20(23)18-15(14-8-9-14)11-26-19(18)21-17(22)10-25-16-7-5-6-12(2)13(16)3/h5-7,11,14H,4,8-10H2,1-3H3,(H,21,22). The molecule has 0 aliphatic heterocycles. The maximum absolute atomic E-state index is 12.3. The van der Waals surface area contributed by atoms with Crippen LogP contribution in [0.4, 0.5) is 5.00 Å². The summed E-state index contributed by atoms with van der Waals surface area (Å²) in [5.74, 6) is 0.431. The molecule has 1 N–H and O–H groups in total. The molecule has 1 heterocycles. The van der Waals surface area contributed by atoms with Gasteiger partial charge in [0.05, 0.1) is 12.2 Å². The molecule has 0 spiro atoms. The maximum Gasteiger partial charge on any atom is 0.341 e. The Morgan fingerprint density at radius 2 is 2.04 bits per heavy atom. The van der Waals surface area contributed by atoms with Crippen molar-refractivity contribution in [3.8, 4) is 5.75 Å². The zero-order chi connectivity index (χ0) is 18.7. The Balaban J connectivity index is 1.69. The molecule has 1 saturated carbocycles. The molecule has 0 unspecified atom stereocenters. The van der Waals surface area contributed by atoms with Crippen LogP contribution in [0.1, 0.15) is 52.7 Å². The lowest BCUT2D eigenvalue weighted by molar-refractivity contribution is -0.118. The SMILES string of the molecule is CCOC(=O)c1c(C2CC2)csc1NC(=O)COc1cccc(C)c1C. The molecule has 0 atom stereocenters. The molecular formula is C20H23NO4S. The topological polar surface area (TPSA) is 64.6 Å². The van der Waals surface area contributed by atoms with Gasteiger partial charge in [0.25, 0.3) is 5.91 Å². The number of thiophene rings is 1. The molecule has 1 aromatic heterocycles. The zero-order valence-electron chi connectivity index (χ0n) is 15.3. The largest absolute Gasteiger partial charge is 0.483 e. The number of aryl methyl sites for hydroxylation is 1. The van der Waals surface area contributed by atoms with Gasteiger partial charge in [-0.15, -0.1) is 11.3 Å². The van der Waals surface area contributed by atoms with E-state index in [1.165, 1.54) is 11.3 Å². The fourth-order valence-corrected chi connectivity index (χ4v) is 3.81. The summed E-state index contributed by atoms with van der Waals surface area (Å²) >= 11 is 1.37. The molecule has 5 nitrogen and oxygen atoms in total. The lowest BCUT2D eigenvalue weighted by Crippen LogP contribution is -2.21. The van der Waals surface area contributed by atoms with Crippen LogP contribution in [0.15, 0.2) is 23.6 Å². The fraction of sp³-hybridized carbons (Fsp3) is 0.400. The van der Waals surface area contributed by atoms with E-state index in [9.17, 15) is 9.59 Å². The third kappa shape index (κ3) is 4.07. The summed E-state index contributed by atoms with van der Waals surface area (Å²) in [6.45, 7) is 5.93. The van der Waals surface area contributed by atoms with Gasteiger partial charge in [0.2, 0.25) is 0 Å². The predicted octanol–water partition coefficient (Wildman–Crippen LogP) is 4.44. The first-order valence-corrected chi connectivity index (χ1v) is 9.66. The molecule has 1 aliphatic rings. The van der Waals surface area contributed by atoms with E-state index in [0.29, 0.717) is 28.8 Å². The average molecular weight is 373 g/mol. The number of amides is 1. The fourth-order valence-electron chi connectivity index (χ4n) is 2.76. The minimum Gasteiger partial charge on any atom is -0.483 e. The lowest BCUT2D eigenvalue weighted by Gasteiger charge is -2.11. The van der Waals surface area contributed by atoms with Crippen molar-refractivity contribution in [1.29, 1.82) is 0 Å². The molecule has 1 fully saturated rings. The smallest absolute Gasteiger partial charge is 0.341 e. The van der Waals surface area contributed by atoms with Gasteiger partial charge in [0.15, 0.2) is 6.61 Å². The molecule has 1 amide bonds. The van der Waals surface area contributed by atoms with E-state index in [1.807, 2.05) is 37.4 Å². The lowest BCUT2D eigenvalue weighted by atomic mass is 10.1. The van der Waals surface area contributed by atoms with Crippen LogP contribution in [0.2, 0.25) is 0 Å². The summed E-state index contributed by atoms with van der Waals surface area (Å²) < 4.78 is 10.8. The maximum atomic E-state index is 12.3. The third-order valence-electron chi connectivity index (χ3n) is 4.48. The monoisotopic (exact) mass is 373 g/mol. The first-order chi connectivity index (χ1) is 12.5. The van der Waals surface area contributed by atoms with Crippen molar-refractivity contribution in [3.63, 3.8) is 0 Å². The Morgan fingerprint density at radius 1 is 1.27 bits per heavy atom. The van der Waals surface area contributed by atoms with Crippen LogP contribution in [0.5, 0.6) is 5.75 Å². The van der Waals surface area contributed by atoms with Crippen molar-refractivity contribution in [2.75, 3.05) is 18.5 Å². The van der Waals surface area contributed by atoms with Crippen LogP contribution in [0, 0.1) is 13.8 Å². The van der Waals surface area contributed by atoms with Gasteiger partial charge < -0.3 is 14.8 Å². The number of rotatable bonds is 7. The quantitative estimate of drug-likeness (QED) is 0.729. The van der Waals surface area contributed by atoms with Gasteiger partial charge in [-0.1, -0.05) is 12.1 Å². The highest BCUT2D eigenvalue weighted by Crippen LogP contribution is 2.46. The molecule has 0 bridgehead atoms. The van der Waals surface area contributed by atoms with Crippen molar-refractivity contribution in [2.24, 2.45) is 0 Å². The normalized spacial score (nSPS) is 13.3. The van der Waals surface area contributed by atoms with Crippen molar-refractivity contribution in [3.05, 3.63) is 45.8 Å². The van der Waals surface area contributed by atoms with Crippen LogP contribution in [0.25, 0.3) is 0 Å². The average Bonchev–Trinajstić information content (AvgIpc) is 3.37. The van der Waals surface area contributed by atoms with Gasteiger partial charge in [0, 0.05) is 0 Å². The number of esters is 1. The number of hydrogen-bond donors (Lipinski definition) is 1. The van der Waals surface area contributed by atoms with E-state index in [0.717, 1.165) is 29.5 Å². The Kier molecular flexibility index (Phi) is 5.61. The van der Waals surface area contributed by atoms with E-state index in [-0.39, 0.29) is 18.5 Å². The van der Waals surface area contributed by atoms with Crippen LogP contribution in [-0.4, -0.2) is 25.1 Å². The van der Waals surface area contributed by atoms with Crippen molar-refractivity contribution in [2.45, 2.75) is 39.5 Å². The second kappa shape index (κ2) is 7.91. The number of carbonyl (C=O) groups excluding carboxylic acids is 2. The van der Waals surface area contributed by atoms with Gasteiger partial charge in [-0.25, -0.2) is 4.79 Å². The molecule has 0 radical (unpaired) electrons. The summed E-state index contributed by atoms with van der Waals surface area (Å²) in [4.78, 5) is 24.7. The van der Waals surface area contributed by atoms with Gasteiger partial charge >= 0.3 is 5.97 Å². The van der Waals surface area contributed by atoms with Crippen molar-refractivity contribution in [1.82, 2.24) is 0 Å². The number of ether oxygens (including phenoxy) is 2. The first-order valence-electron chi connectivity index (χ1n) is 8.78. The Morgan fingerprint density at radius 3 is 2.73 bits per heavy atom. The highest BCUT2D eigenvalue weighted by atomic mass is 32.1. The molecule has 2 aromatic rings. The summed E-state index contributed by atoms with van der Waals surface area (Å²) in [6.07, 6.45) is 2.15. The second-order valence-corrected chi connectivity index (χ2v) is 7.30. The number of hydrogen-bond acceptors (Lipinski definition) is 5.